The molecule has 33 heavy (non-hydrogen) atoms. The molecule has 3 aromatic rings. The van der Waals surface area contributed by atoms with Crippen LogP contribution in [0.1, 0.15) is 19.4 Å². The summed E-state index contributed by atoms with van der Waals surface area (Å²) in [6.07, 6.45) is 7.33. The van der Waals surface area contributed by atoms with Crippen LogP contribution in [0.3, 0.4) is 0 Å². The molecule has 0 fully saturated rings. The second-order valence-corrected chi connectivity index (χ2v) is 8.44. The molecule has 0 amide bonds. The number of ether oxygens (including phenoxy) is 1. The van der Waals surface area contributed by atoms with E-state index in [0.717, 1.165) is 17.1 Å². The zero-order valence-electron chi connectivity index (χ0n) is 19.0. The number of fused-ring (bicyclic) bond motifs is 1. The Labute approximate surface area is 210 Å². The number of hydrogen-bond acceptors (Lipinski definition) is 6. The van der Waals surface area contributed by atoms with Gasteiger partial charge in [-0.1, -0.05) is 30.1 Å². The van der Waals surface area contributed by atoms with Crippen LogP contribution in [-0.2, 0) is 26.6 Å². The van der Waals surface area contributed by atoms with Gasteiger partial charge in [-0.2, -0.15) is 19.4 Å². The van der Waals surface area contributed by atoms with Crippen molar-refractivity contribution in [1.29, 1.82) is 0 Å². The van der Waals surface area contributed by atoms with Gasteiger partial charge in [0, 0.05) is 22.7 Å². The van der Waals surface area contributed by atoms with Gasteiger partial charge in [-0.25, -0.2) is 0 Å². The largest absolute Gasteiger partial charge is 4.00 e. The van der Waals surface area contributed by atoms with Crippen LogP contribution < -0.4 is 14.5 Å². The van der Waals surface area contributed by atoms with Crippen LogP contribution in [0.25, 0.3) is 0 Å². The molecule has 0 N–H and O–H groups in total. The van der Waals surface area contributed by atoms with E-state index in [-0.39, 0.29) is 26.6 Å². The average Bonchev–Trinajstić information content (AvgIpc) is 3.23. The quantitative estimate of drug-likeness (QED) is 0.372. The molecule has 2 aromatic carbocycles. The maximum atomic E-state index is 6.09. The summed E-state index contributed by atoms with van der Waals surface area (Å²) in [6, 6.07) is 21.0. The van der Waals surface area contributed by atoms with Crippen molar-refractivity contribution in [3.05, 3.63) is 98.3 Å². The van der Waals surface area contributed by atoms with E-state index in [1.165, 1.54) is 5.56 Å². The van der Waals surface area contributed by atoms with E-state index in [2.05, 4.69) is 78.7 Å². The number of benzene rings is 2. The van der Waals surface area contributed by atoms with E-state index in [1.54, 1.807) is 12.4 Å². The van der Waals surface area contributed by atoms with Gasteiger partial charge in [-0.05, 0) is 58.2 Å². The Hall–Kier alpha value is -2.82. The summed E-state index contributed by atoms with van der Waals surface area (Å²) in [4.78, 5) is 12.6. The fourth-order valence-electron chi connectivity index (χ4n) is 3.86. The molecule has 0 aliphatic carbocycles. The minimum atomic E-state index is -0.0998. The van der Waals surface area contributed by atoms with E-state index in [0.29, 0.717) is 11.5 Å². The third-order valence-corrected chi connectivity index (χ3v) is 5.91. The molecule has 5 rings (SSSR count). The maximum Gasteiger partial charge on any atom is 4.00 e. The third kappa shape index (κ3) is 4.50. The standard InChI is InChI=1S/C26H25N5O.Pt/c1-26(2)24-10-5-6-11-25(24)31(19-29(26)4)20-8-7-9-22(14-20)32-23-15-21(16-27-17-23)30-13-12-28(3)18-30;/h5-13,16-19H,1-4H3;/q-4;+4. The number of hydrogen-bond donors (Lipinski definition) is 0. The van der Waals surface area contributed by atoms with Crippen molar-refractivity contribution in [2.45, 2.75) is 19.4 Å². The number of para-hydroxylation sites is 1. The smallest absolute Gasteiger partial charge is 0.510 e. The van der Waals surface area contributed by atoms with E-state index < -0.39 is 0 Å². The van der Waals surface area contributed by atoms with Crippen LogP contribution >= 0.6 is 0 Å². The number of aromatic nitrogens is 1. The summed E-state index contributed by atoms with van der Waals surface area (Å²) >= 11 is 0. The van der Waals surface area contributed by atoms with Crippen molar-refractivity contribution in [1.82, 2.24) is 14.8 Å². The van der Waals surface area contributed by atoms with Crippen LogP contribution in [0, 0.1) is 25.5 Å². The average molecular weight is 619 g/mol. The van der Waals surface area contributed by atoms with Crippen molar-refractivity contribution in [3.63, 3.8) is 0 Å². The minimum absolute atomic E-state index is 0. The molecule has 0 saturated heterocycles. The van der Waals surface area contributed by atoms with Gasteiger partial charge in [0.25, 0.3) is 0 Å². The van der Waals surface area contributed by atoms with E-state index in [4.69, 9.17) is 4.74 Å². The molecule has 7 heteroatoms. The first kappa shape index (κ1) is 23.3. The van der Waals surface area contributed by atoms with Crippen molar-refractivity contribution >= 4 is 17.1 Å². The van der Waals surface area contributed by atoms with Gasteiger partial charge in [0.15, 0.2) is 0 Å². The molecule has 170 valence electrons. The Kier molecular flexibility index (Phi) is 6.51. The van der Waals surface area contributed by atoms with Crippen LogP contribution in [0.5, 0.6) is 11.5 Å². The molecule has 1 aromatic heterocycles. The Balaban J connectivity index is 0.00000259. The fourth-order valence-corrected chi connectivity index (χ4v) is 3.86. The molecule has 0 saturated carbocycles. The van der Waals surface area contributed by atoms with Gasteiger partial charge >= 0.3 is 21.1 Å². The summed E-state index contributed by atoms with van der Waals surface area (Å²) < 4.78 is 6.09. The summed E-state index contributed by atoms with van der Waals surface area (Å²) in [7, 11) is 4.07. The molecular weight excluding hydrogens is 593 g/mol. The predicted molar refractivity (Wildman–Crippen MR) is 126 cm³/mol. The van der Waals surface area contributed by atoms with E-state index in [9.17, 15) is 0 Å². The summed E-state index contributed by atoms with van der Waals surface area (Å²) in [5, 5.41) is 0. The normalized spacial score (nSPS) is 17.0. The topological polar surface area (TPSA) is 35.1 Å². The summed E-state index contributed by atoms with van der Waals surface area (Å²) in [5.41, 5.74) is 4.01. The first-order valence-corrected chi connectivity index (χ1v) is 10.5. The molecule has 2 aliphatic rings. The summed E-state index contributed by atoms with van der Waals surface area (Å²) in [6.45, 7) is 8.51. The molecule has 3 heterocycles. The molecule has 0 radical (unpaired) electrons. The van der Waals surface area contributed by atoms with Gasteiger partial charge in [0.05, 0.1) is 0 Å². The zero-order valence-corrected chi connectivity index (χ0v) is 21.2. The molecule has 0 bridgehead atoms. The molecular formula is C26H25N5OPt. The Morgan fingerprint density at radius 1 is 0.879 bits per heavy atom. The third-order valence-electron chi connectivity index (χ3n) is 5.91. The fraction of sp³-hybridized carbons (Fsp3) is 0.192. The van der Waals surface area contributed by atoms with Crippen LogP contribution in [0.15, 0.2) is 67.3 Å². The molecule has 0 spiro atoms. The Bertz CT molecular complexity index is 1160. The SMILES string of the molecule is CN1C=CN(c2[c-]c(Oc3[c-]c(N4[CH-]N(C)C(C)(C)c5ccccc54)ccc3)cnc2)[CH-]1.[Pt+4]. The van der Waals surface area contributed by atoms with Crippen LogP contribution in [-0.4, -0.2) is 28.9 Å². The van der Waals surface area contributed by atoms with E-state index >= 15 is 0 Å². The first-order valence-electron chi connectivity index (χ1n) is 10.5. The molecule has 0 unspecified atom stereocenters. The van der Waals surface area contributed by atoms with Crippen LogP contribution in [0.4, 0.5) is 17.1 Å². The second kappa shape index (κ2) is 9.20. The number of rotatable bonds is 4. The maximum absolute atomic E-state index is 6.09. The van der Waals surface area contributed by atoms with Crippen molar-refractivity contribution in [3.8, 4) is 11.5 Å². The van der Waals surface area contributed by atoms with Crippen molar-refractivity contribution in [2.75, 3.05) is 23.9 Å². The molecule has 2 aliphatic heterocycles. The van der Waals surface area contributed by atoms with Gasteiger partial charge in [-0.15, -0.1) is 30.0 Å². The van der Waals surface area contributed by atoms with E-state index in [1.807, 2.05) is 54.1 Å². The summed E-state index contributed by atoms with van der Waals surface area (Å²) in [5.74, 6) is 1.14. The number of pyridine rings is 1. The Morgan fingerprint density at radius 2 is 1.67 bits per heavy atom. The molecule has 0 atom stereocenters. The van der Waals surface area contributed by atoms with Gasteiger partial charge < -0.3 is 29.3 Å². The van der Waals surface area contributed by atoms with Crippen molar-refractivity contribution in [2.24, 2.45) is 0 Å². The predicted octanol–water partition coefficient (Wildman–Crippen LogP) is 5.25. The van der Waals surface area contributed by atoms with Crippen molar-refractivity contribution < 1.29 is 25.8 Å². The van der Waals surface area contributed by atoms with Gasteiger partial charge in [0.1, 0.15) is 0 Å². The second-order valence-electron chi connectivity index (χ2n) is 8.44. The number of nitrogens with zero attached hydrogens (tertiary/aromatic N) is 5. The van der Waals surface area contributed by atoms with Gasteiger partial charge in [-0.3, -0.25) is 0 Å². The van der Waals surface area contributed by atoms with Gasteiger partial charge in [0.2, 0.25) is 0 Å². The minimum Gasteiger partial charge on any atom is -0.510 e. The Morgan fingerprint density at radius 3 is 2.45 bits per heavy atom. The van der Waals surface area contributed by atoms with Crippen LogP contribution in [0.2, 0.25) is 0 Å². The number of anilines is 3. The monoisotopic (exact) mass is 618 g/mol. The zero-order chi connectivity index (χ0) is 22.3. The first-order chi connectivity index (χ1) is 15.4. The molecule has 6 nitrogen and oxygen atoms in total.